The van der Waals surface area contributed by atoms with Crippen LogP contribution in [0.15, 0.2) is 53.4 Å². The van der Waals surface area contributed by atoms with E-state index in [1.165, 1.54) is 62.6 Å². The number of ether oxygens (including phenoxy) is 3. The van der Waals surface area contributed by atoms with Crippen LogP contribution < -0.4 is 9.47 Å². The van der Waals surface area contributed by atoms with Crippen LogP contribution in [0.25, 0.3) is 0 Å². The molecule has 2 rings (SSSR count). The number of carbonyl (C=O) groups excluding carboxylic acids is 1. The van der Waals surface area contributed by atoms with E-state index in [1.54, 1.807) is 0 Å². The fraction of sp³-hybridized carbons (Fsp3) is 0.278. The first kappa shape index (κ1) is 20.7. The van der Waals surface area contributed by atoms with E-state index in [2.05, 4.69) is 0 Å². The van der Waals surface area contributed by atoms with Crippen LogP contribution in [0.4, 0.5) is 4.39 Å². The van der Waals surface area contributed by atoms with Gasteiger partial charge in [0.25, 0.3) is 0 Å². The van der Waals surface area contributed by atoms with Crippen LogP contribution in [-0.4, -0.2) is 52.6 Å². The van der Waals surface area contributed by atoms with Gasteiger partial charge in [-0.15, -0.1) is 0 Å². The van der Waals surface area contributed by atoms with Crippen molar-refractivity contribution in [3.8, 4) is 11.5 Å². The van der Waals surface area contributed by atoms with Gasteiger partial charge in [0, 0.05) is 14.1 Å². The van der Waals surface area contributed by atoms with E-state index in [0.29, 0.717) is 11.5 Å². The van der Waals surface area contributed by atoms with Crippen molar-refractivity contribution in [3.05, 3.63) is 54.3 Å². The molecule has 0 aliphatic heterocycles. The largest absolute Gasteiger partial charge is 0.490 e. The number of halogens is 1. The number of hydrogen-bond acceptors (Lipinski definition) is 6. The minimum Gasteiger partial charge on any atom is -0.490 e. The summed E-state index contributed by atoms with van der Waals surface area (Å²) in [5.41, 5.74) is 0. The van der Waals surface area contributed by atoms with Crippen molar-refractivity contribution in [2.75, 3.05) is 33.9 Å². The first-order valence-electron chi connectivity index (χ1n) is 7.98. The van der Waals surface area contributed by atoms with Gasteiger partial charge in [-0.3, -0.25) is 0 Å². The Hall–Kier alpha value is -2.65. The van der Waals surface area contributed by atoms with Gasteiger partial charge in [-0.1, -0.05) is 0 Å². The summed E-state index contributed by atoms with van der Waals surface area (Å²) in [6, 6.07) is 11.2. The molecule has 0 spiro atoms. The van der Waals surface area contributed by atoms with E-state index < -0.39 is 21.8 Å². The molecule has 0 fully saturated rings. The molecular formula is C18H20FNO6S. The minimum atomic E-state index is -3.49. The first-order chi connectivity index (χ1) is 12.8. The van der Waals surface area contributed by atoms with Crippen molar-refractivity contribution in [2.24, 2.45) is 0 Å². The highest BCUT2D eigenvalue weighted by molar-refractivity contribution is 7.89. The number of rotatable bonds is 9. The Labute approximate surface area is 157 Å². The lowest BCUT2D eigenvalue weighted by molar-refractivity contribution is -0.146. The Balaban J connectivity index is 1.70. The molecule has 146 valence electrons. The third-order valence-corrected chi connectivity index (χ3v) is 5.22. The molecular weight excluding hydrogens is 377 g/mol. The summed E-state index contributed by atoms with van der Waals surface area (Å²) in [6.07, 6.45) is 0. The number of benzene rings is 2. The van der Waals surface area contributed by atoms with E-state index in [-0.39, 0.29) is 24.7 Å². The molecule has 0 unspecified atom stereocenters. The molecule has 0 saturated carbocycles. The smallest absolute Gasteiger partial charge is 0.344 e. The number of nitrogens with zero attached hydrogens (tertiary/aromatic N) is 1. The second-order valence-electron chi connectivity index (χ2n) is 5.57. The first-order valence-corrected chi connectivity index (χ1v) is 9.42. The molecule has 0 N–H and O–H groups in total. The molecule has 7 nitrogen and oxygen atoms in total. The van der Waals surface area contributed by atoms with Crippen LogP contribution in [-0.2, 0) is 19.6 Å². The molecule has 27 heavy (non-hydrogen) atoms. The highest BCUT2D eigenvalue weighted by Gasteiger charge is 2.16. The topological polar surface area (TPSA) is 82.1 Å². The van der Waals surface area contributed by atoms with Crippen LogP contribution in [0.2, 0.25) is 0 Å². The van der Waals surface area contributed by atoms with Gasteiger partial charge in [0.1, 0.15) is 30.5 Å². The summed E-state index contributed by atoms with van der Waals surface area (Å²) in [5, 5.41) is 0. The Kier molecular flexibility index (Phi) is 7.14. The molecule has 0 radical (unpaired) electrons. The van der Waals surface area contributed by atoms with Crippen molar-refractivity contribution in [1.29, 1.82) is 0 Å². The third kappa shape index (κ3) is 6.22. The predicted molar refractivity (Wildman–Crippen MR) is 95.7 cm³/mol. The maximum absolute atomic E-state index is 12.8. The van der Waals surface area contributed by atoms with E-state index in [9.17, 15) is 17.6 Å². The lowest BCUT2D eigenvalue weighted by atomic mass is 10.3. The summed E-state index contributed by atoms with van der Waals surface area (Å²) >= 11 is 0. The molecule has 0 aliphatic carbocycles. The molecule has 0 aliphatic rings. The highest BCUT2D eigenvalue weighted by Crippen LogP contribution is 2.18. The summed E-state index contributed by atoms with van der Waals surface area (Å²) in [6.45, 7) is -0.200. The maximum Gasteiger partial charge on any atom is 0.344 e. The van der Waals surface area contributed by atoms with Gasteiger partial charge in [-0.25, -0.2) is 21.9 Å². The zero-order chi connectivity index (χ0) is 19.9. The molecule has 2 aromatic carbocycles. The fourth-order valence-electron chi connectivity index (χ4n) is 1.95. The number of carbonyl (C=O) groups is 1. The van der Waals surface area contributed by atoms with Gasteiger partial charge < -0.3 is 14.2 Å². The van der Waals surface area contributed by atoms with Crippen LogP contribution in [0.1, 0.15) is 0 Å². The summed E-state index contributed by atoms with van der Waals surface area (Å²) in [5.74, 6) is -0.173. The fourth-order valence-corrected chi connectivity index (χ4v) is 2.85. The molecule has 0 saturated heterocycles. The molecule has 0 aromatic heterocycles. The van der Waals surface area contributed by atoms with Crippen LogP contribution in [0.5, 0.6) is 11.5 Å². The second-order valence-corrected chi connectivity index (χ2v) is 7.72. The van der Waals surface area contributed by atoms with Gasteiger partial charge >= 0.3 is 5.97 Å². The SMILES string of the molecule is CN(C)S(=O)(=O)c1ccc(OCCOC(=O)COc2ccc(F)cc2)cc1. The number of hydrogen-bond donors (Lipinski definition) is 0. The Morgan fingerprint density at radius 2 is 1.48 bits per heavy atom. The van der Waals surface area contributed by atoms with E-state index in [1.807, 2.05) is 0 Å². The normalized spacial score (nSPS) is 11.3. The molecule has 0 atom stereocenters. The van der Waals surface area contributed by atoms with Gasteiger partial charge in [0.05, 0.1) is 4.90 Å². The third-order valence-electron chi connectivity index (χ3n) is 3.39. The van der Waals surface area contributed by atoms with Gasteiger partial charge in [-0.2, -0.15) is 0 Å². The van der Waals surface area contributed by atoms with Crippen molar-refractivity contribution in [1.82, 2.24) is 4.31 Å². The van der Waals surface area contributed by atoms with Crippen molar-refractivity contribution >= 4 is 16.0 Å². The molecule has 0 heterocycles. The number of esters is 1. The Morgan fingerprint density at radius 1 is 0.926 bits per heavy atom. The zero-order valence-corrected chi connectivity index (χ0v) is 15.7. The van der Waals surface area contributed by atoms with Crippen LogP contribution >= 0.6 is 0 Å². The summed E-state index contributed by atoms with van der Waals surface area (Å²) in [7, 11) is -0.583. The van der Waals surface area contributed by atoms with Crippen LogP contribution in [0.3, 0.4) is 0 Å². The van der Waals surface area contributed by atoms with Gasteiger partial charge in [-0.05, 0) is 48.5 Å². The zero-order valence-electron chi connectivity index (χ0n) is 14.9. The van der Waals surface area contributed by atoms with Crippen molar-refractivity contribution in [3.63, 3.8) is 0 Å². The molecule has 9 heteroatoms. The predicted octanol–water partition coefficient (Wildman–Crippen LogP) is 2.08. The van der Waals surface area contributed by atoms with Gasteiger partial charge in [0.2, 0.25) is 10.0 Å². The quantitative estimate of drug-likeness (QED) is 0.476. The summed E-state index contributed by atoms with van der Waals surface area (Å²) in [4.78, 5) is 11.7. The average Bonchev–Trinajstić information content (AvgIpc) is 2.65. The Bertz CT molecular complexity index is 850. The van der Waals surface area contributed by atoms with E-state index in [0.717, 1.165) is 4.31 Å². The molecule has 2 aromatic rings. The second kappa shape index (κ2) is 9.33. The summed E-state index contributed by atoms with van der Waals surface area (Å²) < 4.78 is 53.3. The lowest BCUT2D eigenvalue weighted by Gasteiger charge is -2.12. The molecule has 0 bridgehead atoms. The monoisotopic (exact) mass is 397 g/mol. The van der Waals surface area contributed by atoms with Crippen molar-refractivity contribution in [2.45, 2.75) is 4.90 Å². The maximum atomic E-state index is 12.8. The van der Waals surface area contributed by atoms with Crippen LogP contribution in [0, 0.1) is 5.82 Å². The van der Waals surface area contributed by atoms with Gasteiger partial charge in [0.15, 0.2) is 6.61 Å². The minimum absolute atomic E-state index is 0.00333. The highest BCUT2D eigenvalue weighted by atomic mass is 32.2. The van der Waals surface area contributed by atoms with E-state index >= 15 is 0 Å². The van der Waals surface area contributed by atoms with Crippen molar-refractivity contribution < 1.29 is 31.8 Å². The standard InChI is InChI=1S/C18H20FNO6S/c1-20(2)27(22,23)17-9-7-15(8-10-17)24-11-12-25-18(21)13-26-16-5-3-14(19)4-6-16/h3-10H,11-13H2,1-2H3. The number of sulfonamides is 1. The Morgan fingerprint density at radius 3 is 2.07 bits per heavy atom. The van der Waals surface area contributed by atoms with E-state index in [4.69, 9.17) is 14.2 Å². The molecule has 0 amide bonds. The average molecular weight is 397 g/mol. The lowest BCUT2D eigenvalue weighted by Crippen LogP contribution is -2.22.